The van der Waals surface area contributed by atoms with Gasteiger partial charge in [-0.25, -0.2) is 12.8 Å². The molecule has 1 fully saturated rings. The first-order valence-corrected chi connectivity index (χ1v) is 9.43. The van der Waals surface area contributed by atoms with Crippen molar-refractivity contribution in [3.05, 3.63) is 59.4 Å². The van der Waals surface area contributed by atoms with Crippen molar-refractivity contribution in [1.82, 2.24) is 4.72 Å². The van der Waals surface area contributed by atoms with Gasteiger partial charge in [-0.3, -0.25) is 4.79 Å². The third kappa shape index (κ3) is 3.57. The van der Waals surface area contributed by atoms with Crippen LogP contribution >= 0.6 is 0 Å². The topological polar surface area (TPSA) is 66.5 Å². The highest BCUT2D eigenvalue weighted by molar-refractivity contribution is 7.89. The normalized spacial score (nSPS) is 18.0. The van der Waals surface area contributed by atoms with Crippen LogP contribution in [0.1, 0.15) is 17.5 Å². The zero-order valence-electron chi connectivity index (χ0n) is 14.0. The summed E-state index contributed by atoms with van der Waals surface area (Å²) in [5, 5.41) is 0. The largest absolute Gasteiger partial charge is 0.311 e. The number of halogens is 1. The third-order valence-corrected chi connectivity index (χ3v) is 5.73. The van der Waals surface area contributed by atoms with Crippen molar-refractivity contribution >= 4 is 21.6 Å². The molecule has 3 rings (SSSR count). The van der Waals surface area contributed by atoms with Crippen molar-refractivity contribution in [3.8, 4) is 0 Å². The maximum Gasteiger partial charge on any atom is 0.245 e. The number of amides is 1. The Morgan fingerprint density at radius 3 is 2.60 bits per heavy atom. The molecule has 1 aliphatic heterocycles. The quantitative estimate of drug-likeness (QED) is 0.909. The van der Waals surface area contributed by atoms with Gasteiger partial charge in [0.05, 0.1) is 4.90 Å². The van der Waals surface area contributed by atoms with Gasteiger partial charge < -0.3 is 4.90 Å². The molecule has 25 heavy (non-hydrogen) atoms. The van der Waals surface area contributed by atoms with Crippen LogP contribution in [0.15, 0.2) is 47.4 Å². The number of carbonyl (C=O) groups excluding carboxylic acids is 1. The van der Waals surface area contributed by atoms with E-state index in [9.17, 15) is 17.6 Å². The summed E-state index contributed by atoms with van der Waals surface area (Å²) in [6.45, 7) is 3.81. The van der Waals surface area contributed by atoms with Crippen molar-refractivity contribution in [2.24, 2.45) is 0 Å². The molecule has 7 heteroatoms. The summed E-state index contributed by atoms with van der Waals surface area (Å²) in [5.74, 6) is -0.672. The molecule has 5 nitrogen and oxygen atoms in total. The molecule has 2 aromatic rings. The number of nitrogens with one attached hydrogen (secondary N) is 1. The number of hydrogen-bond acceptors (Lipinski definition) is 3. The minimum atomic E-state index is -3.78. The Morgan fingerprint density at radius 1 is 1.16 bits per heavy atom. The van der Waals surface area contributed by atoms with E-state index in [0.29, 0.717) is 24.2 Å². The third-order valence-electron chi connectivity index (χ3n) is 4.26. The van der Waals surface area contributed by atoms with E-state index in [1.54, 1.807) is 38.1 Å². The van der Waals surface area contributed by atoms with Gasteiger partial charge in [-0.05, 0) is 61.7 Å². The van der Waals surface area contributed by atoms with Crippen molar-refractivity contribution in [1.29, 1.82) is 0 Å². The minimum Gasteiger partial charge on any atom is -0.311 e. The molecule has 0 spiro atoms. The van der Waals surface area contributed by atoms with E-state index in [4.69, 9.17) is 0 Å². The smallest absolute Gasteiger partial charge is 0.245 e. The predicted octanol–water partition coefficient (Wildman–Crippen LogP) is 2.53. The number of hydrogen-bond donors (Lipinski definition) is 1. The Hall–Kier alpha value is -2.25. The number of benzene rings is 2. The summed E-state index contributed by atoms with van der Waals surface area (Å²) >= 11 is 0. The van der Waals surface area contributed by atoms with Crippen LogP contribution in [0.3, 0.4) is 0 Å². The first kappa shape index (κ1) is 17.6. The molecule has 0 radical (unpaired) electrons. The van der Waals surface area contributed by atoms with Crippen molar-refractivity contribution < 1.29 is 17.6 Å². The molecule has 2 aromatic carbocycles. The number of anilines is 1. The van der Waals surface area contributed by atoms with E-state index in [2.05, 4.69) is 4.72 Å². The molecule has 0 aliphatic carbocycles. The fourth-order valence-corrected chi connectivity index (χ4v) is 4.21. The predicted molar refractivity (Wildman–Crippen MR) is 93.4 cm³/mol. The van der Waals surface area contributed by atoms with Crippen LogP contribution in [0, 0.1) is 19.7 Å². The number of aryl methyl sites for hydroxylation is 2. The molecular formula is C18H19FN2O3S. The second kappa shape index (κ2) is 6.57. The zero-order valence-corrected chi connectivity index (χ0v) is 14.8. The monoisotopic (exact) mass is 362 g/mol. The van der Waals surface area contributed by atoms with E-state index in [1.807, 2.05) is 0 Å². The lowest BCUT2D eigenvalue weighted by Crippen LogP contribution is -2.41. The average Bonchev–Trinajstić information content (AvgIpc) is 2.90. The van der Waals surface area contributed by atoms with Gasteiger partial charge in [0.1, 0.15) is 11.9 Å². The van der Waals surface area contributed by atoms with Gasteiger partial charge in [-0.2, -0.15) is 4.72 Å². The van der Waals surface area contributed by atoms with Crippen LogP contribution in [0.4, 0.5) is 10.1 Å². The highest BCUT2D eigenvalue weighted by atomic mass is 32.2. The summed E-state index contributed by atoms with van der Waals surface area (Å²) in [4.78, 5) is 14.2. The standard InChI is InChI=1S/C18H19FN2O3S/c1-12-4-3-5-15(10-12)25(23,24)20-17-8-9-21(18(17)22)14-6-7-16(19)13(2)11-14/h3-7,10-11,17,20H,8-9H2,1-2H3/t17-/m0/s1. The summed E-state index contributed by atoms with van der Waals surface area (Å²) in [7, 11) is -3.78. The van der Waals surface area contributed by atoms with Crippen LogP contribution < -0.4 is 9.62 Å². The van der Waals surface area contributed by atoms with Gasteiger partial charge in [0, 0.05) is 12.2 Å². The summed E-state index contributed by atoms with van der Waals surface area (Å²) in [6.07, 6.45) is 0.361. The van der Waals surface area contributed by atoms with Gasteiger partial charge >= 0.3 is 0 Å². The highest BCUT2D eigenvalue weighted by Gasteiger charge is 2.35. The van der Waals surface area contributed by atoms with E-state index in [0.717, 1.165) is 5.56 Å². The van der Waals surface area contributed by atoms with Crippen LogP contribution in [-0.2, 0) is 14.8 Å². The Balaban J connectivity index is 1.79. The summed E-state index contributed by atoms with van der Waals surface area (Å²) in [5.41, 5.74) is 1.83. The van der Waals surface area contributed by atoms with E-state index in [-0.39, 0.29) is 16.6 Å². The Kier molecular flexibility index (Phi) is 4.62. The van der Waals surface area contributed by atoms with Gasteiger partial charge in [0.2, 0.25) is 15.9 Å². The molecule has 0 bridgehead atoms. The SMILES string of the molecule is Cc1cccc(S(=O)(=O)N[C@H]2CCN(c3ccc(F)c(C)c3)C2=O)c1. The first-order valence-electron chi connectivity index (χ1n) is 7.94. The second-order valence-corrected chi connectivity index (χ2v) is 7.92. The van der Waals surface area contributed by atoms with E-state index >= 15 is 0 Å². The molecule has 0 aromatic heterocycles. The van der Waals surface area contributed by atoms with E-state index in [1.165, 1.54) is 23.1 Å². The maximum absolute atomic E-state index is 13.4. The number of rotatable bonds is 4. The minimum absolute atomic E-state index is 0.136. The van der Waals surface area contributed by atoms with Crippen LogP contribution in [0.25, 0.3) is 0 Å². The van der Waals surface area contributed by atoms with Gasteiger partial charge in [0.15, 0.2) is 0 Å². The Morgan fingerprint density at radius 2 is 1.92 bits per heavy atom. The van der Waals surface area contributed by atoms with Gasteiger partial charge in [-0.15, -0.1) is 0 Å². The molecular weight excluding hydrogens is 343 g/mol. The van der Waals surface area contributed by atoms with Crippen molar-refractivity contribution in [3.63, 3.8) is 0 Å². The highest BCUT2D eigenvalue weighted by Crippen LogP contribution is 2.24. The van der Waals surface area contributed by atoms with Crippen molar-refractivity contribution in [2.75, 3.05) is 11.4 Å². The average molecular weight is 362 g/mol. The van der Waals surface area contributed by atoms with Gasteiger partial charge in [0.25, 0.3) is 0 Å². The zero-order chi connectivity index (χ0) is 18.2. The number of sulfonamides is 1. The first-order chi connectivity index (χ1) is 11.8. The molecule has 1 amide bonds. The molecule has 1 N–H and O–H groups in total. The lowest BCUT2D eigenvalue weighted by molar-refractivity contribution is -0.118. The van der Waals surface area contributed by atoms with Crippen molar-refractivity contribution in [2.45, 2.75) is 31.2 Å². The van der Waals surface area contributed by atoms with Gasteiger partial charge in [-0.1, -0.05) is 12.1 Å². The molecule has 0 saturated carbocycles. The maximum atomic E-state index is 13.4. The Labute approximate surface area is 146 Å². The molecule has 0 unspecified atom stereocenters. The van der Waals surface area contributed by atoms with Crippen LogP contribution in [0.2, 0.25) is 0 Å². The molecule has 1 aliphatic rings. The molecule has 1 saturated heterocycles. The lowest BCUT2D eigenvalue weighted by atomic mass is 10.2. The van der Waals surface area contributed by atoms with E-state index < -0.39 is 16.1 Å². The molecule has 1 heterocycles. The summed E-state index contributed by atoms with van der Waals surface area (Å²) in [6, 6.07) is 10.1. The van der Waals surface area contributed by atoms with Crippen LogP contribution in [-0.4, -0.2) is 26.9 Å². The number of carbonyl (C=O) groups is 1. The summed E-state index contributed by atoms with van der Waals surface area (Å²) < 4.78 is 40.9. The molecule has 1 atom stereocenters. The molecule has 132 valence electrons. The van der Waals surface area contributed by atoms with Crippen LogP contribution in [0.5, 0.6) is 0 Å². The fourth-order valence-electron chi connectivity index (χ4n) is 2.88. The Bertz CT molecular complexity index is 928. The lowest BCUT2D eigenvalue weighted by Gasteiger charge is -2.18. The second-order valence-electron chi connectivity index (χ2n) is 6.20. The fraction of sp³-hybridized carbons (Fsp3) is 0.278. The number of nitrogens with zero attached hydrogens (tertiary/aromatic N) is 1.